The number of hydrogen-bond acceptors (Lipinski definition) is 4. The lowest BCUT2D eigenvalue weighted by molar-refractivity contribution is 0.630. The summed E-state index contributed by atoms with van der Waals surface area (Å²) in [5.74, 6) is 0.590. The Hall–Kier alpha value is -1.77. The fourth-order valence-corrected chi connectivity index (χ4v) is 2.70. The van der Waals surface area contributed by atoms with Crippen LogP contribution in [0.15, 0.2) is 24.4 Å². The Morgan fingerprint density at radius 1 is 1.15 bits per heavy atom. The Morgan fingerprint density at radius 2 is 1.95 bits per heavy atom. The number of rotatable bonds is 2. The lowest BCUT2D eigenvalue weighted by Gasteiger charge is -2.06. The highest BCUT2D eigenvalue weighted by molar-refractivity contribution is 14.1. The number of aromatic nitrogens is 6. The summed E-state index contributed by atoms with van der Waals surface area (Å²) in [4.78, 5) is 1.44. The number of aryl methyl sites for hydroxylation is 3. The van der Waals surface area contributed by atoms with Crippen molar-refractivity contribution in [3.05, 3.63) is 39.2 Å². The van der Waals surface area contributed by atoms with Crippen molar-refractivity contribution in [2.24, 2.45) is 7.05 Å². The Bertz CT molecular complexity index is 773. The molecule has 0 N–H and O–H groups in total. The van der Waals surface area contributed by atoms with E-state index >= 15 is 0 Å². The molecule has 102 valence electrons. The average Bonchev–Trinajstić information content (AvgIpc) is 2.99. The first-order valence-electron chi connectivity index (χ1n) is 6.12. The number of halogens is 1. The summed E-state index contributed by atoms with van der Waals surface area (Å²) in [5, 5.41) is 16.5. The van der Waals surface area contributed by atoms with Gasteiger partial charge in [0.05, 0.1) is 24.5 Å². The van der Waals surface area contributed by atoms with Gasteiger partial charge in [0.25, 0.3) is 0 Å². The fraction of sp³-hybridized carbons (Fsp3) is 0.231. The molecular formula is C13H13IN6. The third-order valence-electron chi connectivity index (χ3n) is 3.19. The van der Waals surface area contributed by atoms with E-state index in [0.29, 0.717) is 5.82 Å². The fourth-order valence-electron chi connectivity index (χ4n) is 1.91. The molecule has 0 radical (unpaired) electrons. The highest BCUT2D eigenvalue weighted by Crippen LogP contribution is 2.24. The minimum atomic E-state index is 0.590. The van der Waals surface area contributed by atoms with E-state index in [1.807, 2.05) is 4.68 Å². The van der Waals surface area contributed by atoms with Gasteiger partial charge in [-0.3, -0.25) is 0 Å². The molecular weight excluding hydrogens is 367 g/mol. The van der Waals surface area contributed by atoms with Crippen molar-refractivity contribution in [2.75, 3.05) is 0 Å². The molecule has 0 fully saturated rings. The second-order valence-corrected chi connectivity index (χ2v) is 5.65. The Balaban J connectivity index is 2.08. The zero-order valence-electron chi connectivity index (χ0n) is 11.4. The molecule has 1 aromatic carbocycles. The summed E-state index contributed by atoms with van der Waals surface area (Å²) in [5.41, 5.74) is 4.43. The van der Waals surface area contributed by atoms with Gasteiger partial charge in [-0.1, -0.05) is 6.07 Å². The van der Waals surface area contributed by atoms with Gasteiger partial charge in [-0.25, -0.2) is 4.68 Å². The maximum Gasteiger partial charge on any atom is 0.209 e. The summed E-state index contributed by atoms with van der Waals surface area (Å²) in [6, 6.07) is 6.28. The monoisotopic (exact) mass is 380 g/mol. The minimum Gasteiger partial charge on any atom is -0.227 e. The van der Waals surface area contributed by atoms with E-state index < -0.39 is 0 Å². The average molecular weight is 380 g/mol. The Labute approximate surface area is 129 Å². The van der Waals surface area contributed by atoms with E-state index in [2.05, 4.69) is 75.1 Å². The van der Waals surface area contributed by atoms with Crippen LogP contribution in [0.4, 0.5) is 0 Å². The first-order chi connectivity index (χ1) is 9.56. The van der Waals surface area contributed by atoms with Crippen molar-refractivity contribution in [3.63, 3.8) is 0 Å². The zero-order valence-corrected chi connectivity index (χ0v) is 13.5. The van der Waals surface area contributed by atoms with Gasteiger partial charge in [0.2, 0.25) is 5.82 Å². The van der Waals surface area contributed by atoms with Gasteiger partial charge >= 0.3 is 0 Å². The van der Waals surface area contributed by atoms with Crippen LogP contribution in [-0.4, -0.2) is 30.0 Å². The van der Waals surface area contributed by atoms with Crippen molar-refractivity contribution in [3.8, 4) is 17.1 Å². The molecule has 0 spiro atoms. The molecule has 0 aliphatic carbocycles. The topological polar surface area (TPSA) is 61.4 Å². The predicted molar refractivity (Wildman–Crippen MR) is 83.5 cm³/mol. The molecule has 6 nitrogen and oxygen atoms in total. The SMILES string of the molecule is Cc1ccc(-n2ncc(-c3nnn(C)n3)c2I)cc1C. The zero-order chi connectivity index (χ0) is 14.3. The van der Waals surface area contributed by atoms with Crippen molar-refractivity contribution in [1.29, 1.82) is 0 Å². The quantitative estimate of drug-likeness (QED) is 0.640. The molecule has 3 aromatic rings. The van der Waals surface area contributed by atoms with Crippen LogP contribution in [0.5, 0.6) is 0 Å². The number of nitrogens with zero attached hydrogens (tertiary/aromatic N) is 6. The normalized spacial score (nSPS) is 11.0. The minimum absolute atomic E-state index is 0.590. The van der Waals surface area contributed by atoms with Crippen LogP contribution in [0.1, 0.15) is 11.1 Å². The standard InChI is InChI=1S/C13H13IN6/c1-8-4-5-10(6-9(8)2)20-12(14)11(7-15-20)13-16-18-19(3)17-13/h4-7H,1-3H3. The summed E-state index contributed by atoms with van der Waals surface area (Å²) < 4.78 is 2.86. The predicted octanol–water partition coefficient (Wildman–Crippen LogP) is 2.28. The number of tetrazole rings is 1. The van der Waals surface area contributed by atoms with Gasteiger partial charge in [0.15, 0.2) is 0 Å². The molecule has 3 rings (SSSR count). The van der Waals surface area contributed by atoms with Crippen LogP contribution in [0.2, 0.25) is 0 Å². The molecule has 0 unspecified atom stereocenters. The second-order valence-electron chi connectivity index (χ2n) is 4.63. The van der Waals surface area contributed by atoms with Gasteiger partial charge in [0, 0.05) is 0 Å². The number of hydrogen-bond donors (Lipinski definition) is 0. The molecule has 0 aliphatic rings. The van der Waals surface area contributed by atoms with Crippen molar-refractivity contribution >= 4 is 22.6 Å². The maximum absolute atomic E-state index is 4.43. The van der Waals surface area contributed by atoms with E-state index in [9.17, 15) is 0 Å². The van der Waals surface area contributed by atoms with Crippen molar-refractivity contribution in [2.45, 2.75) is 13.8 Å². The van der Waals surface area contributed by atoms with Crippen LogP contribution in [0.3, 0.4) is 0 Å². The van der Waals surface area contributed by atoms with Gasteiger partial charge < -0.3 is 0 Å². The van der Waals surface area contributed by atoms with Gasteiger partial charge in [0.1, 0.15) is 3.70 Å². The number of benzene rings is 1. The van der Waals surface area contributed by atoms with Gasteiger partial charge in [-0.2, -0.15) is 9.90 Å². The smallest absolute Gasteiger partial charge is 0.209 e. The molecule has 0 amide bonds. The van der Waals surface area contributed by atoms with E-state index in [1.165, 1.54) is 15.9 Å². The van der Waals surface area contributed by atoms with Crippen molar-refractivity contribution < 1.29 is 0 Å². The third kappa shape index (κ3) is 2.21. The highest BCUT2D eigenvalue weighted by atomic mass is 127. The van der Waals surface area contributed by atoms with Gasteiger partial charge in [-0.15, -0.1) is 10.2 Å². The molecule has 2 heterocycles. The summed E-state index contributed by atoms with van der Waals surface area (Å²) in [6.45, 7) is 4.20. The van der Waals surface area contributed by atoms with Crippen molar-refractivity contribution in [1.82, 2.24) is 30.0 Å². The molecule has 0 atom stereocenters. The first-order valence-corrected chi connectivity index (χ1v) is 7.19. The molecule has 0 aliphatic heterocycles. The van der Waals surface area contributed by atoms with E-state index in [-0.39, 0.29) is 0 Å². The molecule has 0 saturated heterocycles. The van der Waals surface area contributed by atoms with E-state index in [1.54, 1.807) is 13.2 Å². The van der Waals surface area contributed by atoms with Crippen LogP contribution in [0.25, 0.3) is 17.1 Å². The molecule has 20 heavy (non-hydrogen) atoms. The summed E-state index contributed by atoms with van der Waals surface area (Å²) >= 11 is 2.26. The molecule has 2 aromatic heterocycles. The summed E-state index contributed by atoms with van der Waals surface area (Å²) in [6.07, 6.45) is 1.77. The highest BCUT2D eigenvalue weighted by Gasteiger charge is 2.15. The lowest BCUT2D eigenvalue weighted by Crippen LogP contribution is -2.00. The lowest BCUT2D eigenvalue weighted by atomic mass is 10.1. The molecule has 0 bridgehead atoms. The maximum atomic E-state index is 4.43. The molecule has 7 heteroatoms. The largest absolute Gasteiger partial charge is 0.227 e. The second kappa shape index (κ2) is 4.97. The summed E-state index contributed by atoms with van der Waals surface area (Å²) in [7, 11) is 1.75. The first kappa shape index (κ1) is 13.2. The Kier molecular flexibility index (Phi) is 3.28. The van der Waals surface area contributed by atoms with Crippen LogP contribution in [-0.2, 0) is 7.05 Å². The van der Waals surface area contributed by atoms with Crippen LogP contribution in [0, 0.1) is 17.5 Å². The third-order valence-corrected chi connectivity index (χ3v) is 4.23. The van der Waals surface area contributed by atoms with E-state index in [0.717, 1.165) is 15.0 Å². The Morgan fingerprint density at radius 3 is 2.60 bits per heavy atom. The van der Waals surface area contributed by atoms with Gasteiger partial charge in [-0.05, 0) is 64.9 Å². The van der Waals surface area contributed by atoms with Crippen LogP contribution < -0.4 is 0 Å². The van der Waals surface area contributed by atoms with E-state index in [4.69, 9.17) is 0 Å². The van der Waals surface area contributed by atoms with Crippen LogP contribution >= 0.6 is 22.6 Å². The molecule has 0 saturated carbocycles.